The van der Waals surface area contributed by atoms with Crippen LogP contribution >= 0.6 is 0 Å². The van der Waals surface area contributed by atoms with Crippen molar-refractivity contribution < 1.29 is 19.2 Å². The van der Waals surface area contributed by atoms with E-state index in [2.05, 4.69) is 0 Å². The van der Waals surface area contributed by atoms with Gasteiger partial charge in [-0.1, -0.05) is 74.5 Å². The summed E-state index contributed by atoms with van der Waals surface area (Å²) in [6.45, 7) is 4.00. The van der Waals surface area contributed by atoms with E-state index in [1.54, 1.807) is 0 Å². The molecule has 2 aromatic rings. The fraction of sp³-hybridized carbons (Fsp3) is 0.333. The van der Waals surface area contributed by atoms with Gasteiger partial charge in [-0.3, -0.25) is 19.2 Å². The zero-order valence-corrected chi connectivity index (χ0v) is 20.3. The van der Waals surface area contributed by atoms with E-state index in [9.17, 15) is 19.2 Å². The van der Waals surface area contributed by atoms with E-state index in [0.717, 1.165) is 11.1 Å². The smallest absolute Gasteiger partial charge is 0.241 e. The summed E-state index contributed by atoms with van der Waals surface area (Å²) in [7, 11) is 0. The number of carbonyl (C=O) groups excluding carboxylic acids is 4. The average molecular weight is 481 g/mol. The molecule has 0 aromatic heterocycles. The second kappa shape index (κ2) is 8.40. The first-order valence-electron chi connectivity index (χ1n) is 12.8. The highest BCUT2D eigenvalue weighted by atomic mass is 16.2. The van der Waals surface area contributed by atoms with Crippen LogP contribution in [0.15, 0.2) is 72.8 Å². The molecule has 2 aromatic carbocycles. The third kappa shape index (κ3) is 3.03. The van der Waals surface area contributed by atoms with Gasteiger partial charge in [-0.2, -0.15) is 0 Å². The molecular formula is C30H28N2O4. The van der Waals surface area contributed by atoms with Crippen LogP contribution in [0.1, 0.15) is 25.0 Å². The molecule has 2 saturated heterocycles. The summed E-state index contributed by atoms with van der Waals surface area (Å²) >= 11 is 0. The van der Waals surface area contributed by atoms with Crippen LogP contribution in [0.2, 0.25) is 0 Å². The van der Waals surface area contributed by atoms with Crippen molar-refractivity contribution in [2.75, 3.05) is 9.80 Å². The maximum Gasteiger partial charge on any atom is 0.241 e. The van der Waals surface area contributed by atoms with Gasteiger partial charge in [0.2, 0.25) is 23.6 Å². The highest BCUT2D eigenvalue weighted by Crippen LogP contribution is 2.53. The zero-order valence-electron chi connectivity index (χ0n) is 20.3. The first-order valence-corrected chi connectivity index (χ1v) is 12.8. The van der Waals surface area contributed by atoms with Gasteiger partial charge in [0.1, 0.15) is 0 Å². The van der Waals surface area contributed by atoms with Crippen molar-refractivity contribution in [3.63, 3.8) is 0 Å². The van der Waals surface area contributed by atoms with E-state index >= 15 is 0 Å². The summed E-state index contributed by atoms with van der Waals surface area (Å²) in [5.74, 6) is -4.12. The quantitative estimate of drug-likeness (QED) is 0.488. The van der Waals surface area contributed by atoms with E-state index < -0.39 is 35.5 Å². The van der Waals surface area contributed by atoms with Gasteiger partial charge in [-0.25, -0.2) is 9.80 Å². The number of amides is 4. The van der Waals surface area contributed by atoms with Crippen molar-refractivity contribution in [3.05, 3.63) is 84.0 Å². The normalized spacial score (nSPS) is 30.6. The van der Waals surface area contributed by atoms with Crippen LogP contribution < -0.4 is 9.80 Å². The Morgan fingerprint density at radius 1 is 0.528 bits per heavy atom. The third-order valence-corrected chi connectivity index (χ3v) is 8.40. The summed E-state index contributed by atoms with van der Waals surface area (Å²) < 4.78 is 0. The Hall–Kier alpha value is -3.80. The second-order valence-electron chi connectivity index (χ2n) is 10.0. The van der Waals surface area contributed by atoms with Crippen LogP contribution in [-0.2, 0) is 32.0 Å². The third-order valence-electron chi connectivity index (χ3n) is 8.40. The predicted octanol–water partition coefficient (Wildman–Crippen LogP) is 4.09. The first-order chi connectivity index (χ1) is 17.5. The van der Waals surface area contributed by atoms with Gasteiger partial charge >= 0.3 is 0 Å². The Kier molecular flexibility index (Phi) is 5.29. The van der Waals surface area contributed by atoms with Gasteiger partial charge in [0.25, 0.3) is 0 Å². The topological polar surface area (TPSA) is 74.8 Å². The second-order valence-corrected chi connectivity index (χ2v) is 10.0. The Balaban J connectivity index is 1.44. The molecule has 0 spiro atoms. The number of piperidine rings is 2. The highest BCUT2D eigenvalue weighted by Gasteiger charge is 2.61. The summed E-state index contributed by atoms with van der Waals surface area (Å²) in [6.07, 6.45) is 8.63. The molecule has 182 valence electrons. The number of carbonyl (C=O) groups is 4. The van der Waals surface area contributed by atoms with Crippen LogP contribution in [0, 0.1) is 35.5 Å². The Morgan fingerprint density at radius 2 is 0.833 bits per heavy atom. The molecule has 2 unspecified atom stereocenters. The van der Waals surface area contributed by atoms with Crippen molar-refractivity contribution >= 4 is 35.0 Å². The molecule has 4 aliphatic rings. The Labute approximate surface area is 210 Å². The molecule has 2 aliphatic carbocycles. The first kappa shape index (κ1) is 22.7. The molecule has 0 bridgehead atoms. The van der Waals surface area contributed by atoms with Crippen LogP contribution in [0.5, 0.6) is 0 Å². The number of para-hydroxylation sites is 2. The van der Waals surface area contributed by atoms with Crippen LogP contribution in [0.25, 0.3) is 0 Å². The fourth-order valence-corrected chi connectivity index (χ4v) is 6.73. The van der Waals surface area contributed by atoms with E-state index in [-0.39, 0.29) is 23.6 Å². The summed E-state index contributed by atoms with van der Waals surface area (Å²) in [4.78, 5) is 57.7. The predicted molar refractivity (Wildman–Crippen MR) is 136 cm³/mol. The Bertz CT molecular complexity index is 1200. The minimum absolute atomic E-state index is 0.274. The molecule has 0 saturated carbocycles. The van der Waals surface area contributed by atoms with Gasteiger partial charge in [-0.15, -0.1) is 0 Å². The molecule has 2 aliphatic heterocycles. The fourth-order valence-electron chi connectivity index (χ4n) is 6.73. The average Bonchev–Trinajstić information content (AvgIpc) is 2.91. The molecule has 6 rings (SSSR count). The van der Waals surface area contributed by atoms with E-state index in [4.69, 9.17) is 0 Å². The lowest BCUT2D eigenvalue weighted by Gasteiger charge is -2.53. The lowest BCUT2D eigenvalue weighted by Crippen LogP contribution is -2.64. The summed E-state index contributed by atoms with van der Waals surface area (Å²) in [5.41, 5.74) is 3.11. The standard InChI is InChI=1S/C30H28N2O4/c1-3-17-9-5-7-11-23(17)31-27(33)19-13-15-21-26-22(16-14-20(25(19)26)28(31)34)30(36)32(29(21)35)24-12-8-6-10-18(24)4-2/h5-16,19-22,25-26H,3-4H2,1-2H3/t19-,20-,21-,22+,25?,26?/m0/s1. The van der Waals surface area contributed by atoms with Crippen molar-refractivity contribution in [2.24, 2.45) is 35.5 Å². The number of hydrogen-bond donors (Lipinski definition) is 0. The molecule has 4 amide bonds. The number of nitrogens with zero attached hydrogens (tertiary/aromatic N) is 2. The van der Waals surface area contributed by atoms with Crippen molar-refractivity contribution in [1.82, 2.24) is 0 Å². The van der Waals surface area contributed by atoms with Gasteiger partial charge in [0, 0.05) is 0 Å². The largest absolute Gasteiger partial charge is 0.273 e. The SMILES string of the molecule is CCc1ccccc1N1C(=O)[C@H]2C=C[C@@H]3C(=O)N(c4ccccc4CC)C(=O)[C@@H]4C=C[C@H](C1=O)C2C34. The minimum atomic E-state index is -0.554. The summed E-state index contributed by atoms with van der Waals surface area (Å²) in [5, 5.41) is 0. The number of anilines is 2. The molecule has 0 radical (unpaired) electrons. The van der Waals surface area contributed by atoms with Gasteiger partial charge in [-0.05, 0) is 47.9 Å². The molecule has 36 heavy (non-hydrogen) atoms. The van der Waals surface area contributed by atoms with E-state index in [1.807, 2.05) is 86.7 Å². The summed E-state index contributed by atoms with van der Waals surface area (Å²) in [6, 6.07) is 15.0. The number of imide groups is 2. The maximum atomic E-state index is 13.8. The van der Waals surface area contributed by atoms with Crippen molar-refractivity contribution in [1.29, 1.82) is 0 Å². The van der Waals surface area contributed by atoms with E-state index in [0.29, 0.717) is 24.2 Å². The van der Waals surface area contributed by atoms with Crippen molar-refractivity contribution in [2.45, 2.75) is 26.7 Å². The monoisotopic (exact) mass is 480 g/mol. The molecule has 6 nitrogen and oxygen atoms in total. The minimum Gasteiger partial charge on any atom is -0.273 e. The molecule has 0 N–H and O–H groups in total. The Morgan fingerprint density at radius 3 is 1.14 bits per heavy atom. The maximum absolute atomic E-state index is 13.8. The van der Waals surface area contributed by atoms with Crippen molar-refractivity contribution in [3.8, 4) is 0 Å². The number of aryl methyl sites for hydroxylation is 2. The number of hydrogen-bond acceptors (Lipinski definition) is 4. The van der Waals surface area contributed by atoms with Crippen LogP contribution in [-0.4, -0.2) is 23.6 Å². The lowest BCUT2D eigenvalue weighted by molar-refractivity contribution is -0.148. The van der Waals surface area contributed by atoms with Gasteiger partial charge in [0.05, 0.1) is 35.0 Å². The molecule has 2 heterocycles. The molecule has 6 heteroatoms. The molecule has 6 atom stereocenters. The van der Waals surface area contributed by atoms with E-state index in [1.165, 1.54) is 9.80 Å². The van der Waals surface area contributed by atoms with Gasteiger partial charge in [0.15, 0.2) is 0 Å². The lowest BCUT2D eigenvalue weighted by atomic mass is 9.55. The van der Waals surface area contributed by atoms with Crippen LogP contribution in [0.4, 0.5) is 11.4 Å². The zero-order chi connectivity index (χ0) is 25.1. The number of rotatable bonds is 4. The molecular weight excluding hydrogens is 452 g/mol. The number of benzene rings is 2. The molecule has 2 fully saturated rings. The van der Waals surface area contributed by atoms with Crippen LogP contribution in [0.3, 0.4) is 0 Å². The highest BCUT2D eigenvalue weighted by molar-refractivity contribution is 6.22. The van der Waals surface area contributed by atoms with Gasteiger partial charge < -0.3 is 0 Å².